The first-order chi connectivity index (χ1) is 49.8. The highest BCUT2D eigenvalue weighted by Gasteiger charge is 2.26. The average Bonchev–Trinajstić information content (AvgIpc) is 1.04. The van der Waals surface area contributed by atoms with Gasteiger partial charge in [0.05, 0.1) is 13.2 Å². The molecule has 9 nitrogen and oxygen atoms in total. The van der Waals surface area contributed by atoms with Crippen molar-refractivity contribution in [3.05, 3.63) is 194 Å². The summed E-state index contributed by atoms with van der Waals surface area (Å²) in [5.41, 5.74) is 5.42. The van der Waals surface area contributed by atoms with Crippen molar-refractivity contribution in [3.63, 3.8) is 0 Å². The Balaban J connectivity index is 3.88. The predicted molar refractivity (Wildman–Crippen MR) is 440 cm³/mol. The topological polar surface area (TPSA) is 134 Å². The molecule has 2 atom stereocenters. The average molecular weight is 1420 g/mol. The smallest absolute Gasteiger partial charge is 0.462 e. The fourth-order valence-corrected chi connectivity index (χ4v) is 11.8. The van der Waals surface area contributed by atoms with Gasteiger partial charge < -0.3 is 20.1 Å². The standard InChI is InChI=1S/C91H150NO8P/c1-3-5-7-9-11-13-15-17-19-21-23-25-27-29-31-33-35-37-39-41-43-44-46-48-50-52-54-56-58-60-62-64-66-68-70-72-74-76-78-80-82-84-91(94)100-89(88-99-101(95,96)98-86-85-92)87-97-90(93)83-81-79-77-75-73-71-69-67-65-63-61-59-57-55-53-51-49-47-45-42-40-38-36-34-32-30-28-26-24-22-20-18-16-14-12-10-8-6-4-2/h5-8,11-14,17-20,23-26,29-32,35-38,41,43,46,48,52,54,58,60,89H,3-4,9-10,15-16,21-22,27-28,33-34,39-40,42,44-45,47,49-51,53,55-57,59,61-88,92H2,1-2H3,(H,95,96)/b7-5-,8-6-,13-11-,14-12-,19-17-,20-18-,25-23-,26-24-,31-29-,32-30-,37-35-,38-36-,43-41-,48-46-,54-52-,60-58-. The molecule has 3 N–H and O–H groups in total. The lowest BCUT2D eigenvalue weighted by Crippen LogP contribution is -2.29. The molecule has 572 valence electrons. The minimum atomic E-state index is -4.41. The Hall–Kier alpha value is -5.15. The van der Waals surface area contributed by atoms with E-state index in [1.807, 2.05) is 0 Å². The van der Waals surface area contributed by atoms with E-state index in [9.17, 15) is 19.0 Å². The van der Waals surface area contributed by atoms with E-state index in [-0.39, 0.29) is 38.6 Å². The zero-order valence-electron chi connectivity index (χ0n) is 64.6. The summed E-state index contributed by atoms with van der Waals surface area (Å²) >= 11 is 0. The maximum atomic E-state index is 12.8. The van der Waals surface area contributed by atoms with E-state index in [0.717, 1.165) is 148 Å². The lowest BCUT2D eigenvalue weighted by molar-refractivity contribution is -0.161. The summed E-state index contributed by atoms with van der Waals surface area (Å²) < 4.78 is 33.3. The van der Waals surface area contributed by atoms with Crippen LogP contribution in [-0.2, 0) is 32.7 Å². The zero-order chi connectivity index (χ0) is 72.9. The second kappa shape index (κ2) is 83.8. The Kier molecular flexibility index (Phi) is 79.5. The van der Waals surface area contributed by atoms with Crippen LogP contribution in [0.2, 0.25) is 0 Å². The largest absolute Gasteiger partial charge is 0.472 e. The highest BCUT2D eigenvalue weighted by molar-refractivity contribution is 7.47. The fraction of sp³-hybridized carbons (Fsp3) is 0.626. The van der Waals surface area contributed by atoms with Gasteiger partial charge in [-0.3, -0.25) is 18.6 Å². The lowest BCUT2D eigenvalue weighted by atomic mass is 10.0. The monoisotopic (exact) mass is 1420 g/mol. The maximum Gasteiger partial charge on any atom is 0.472 e. The van der Waals surface area contributed by atoms with E-state index < -0.39 is 26.5 Å². The van der Waals surface area contributed by atoms with E-state index in [4.69, 9.17) is 24.3 Å². The molecule has 0 amide bonds. The van der Waals surface area contributed by atoms with Crippen LogP contribution in [0.4, 0.5) is 0 Å². The molecule has 0 aliphatic carbocycles. The van der Waals surface area contributed by atoms with E-state index in [1.165, 1.54) is 154 Å². The second-order valence-electron chi connectivity index (χ2n) is 26.5. The summed E-state index contributed by atoms with van der Waals surface area (Å²) in [7, 11) is -4.41. The number of esters is 2. The molecule has 0 fully saturated rings. The number of carbonyl (C=O) groups is 2. The molecule has 0 rings (SSSR count). The van der Waals surface area contributed by atoms with Crippen molar-refractivity contribution < 1.29 is 37.6 Å². The SMILES string of the molecule is CC/C=C\C/C=C\C/C=C\C/C=C\C/C=C\C/C=C\C/C=C\C/C=C\C/C=C\C/C=C\CCCCCCCCCCCCC(=O)OC(COC(=O)CCCCCCCCCCCCCCCCCCCCCC/C=C\C/C=C\C/C=C\C/C=C\C/C=C\C/C=C\CC)COP(=O)(O)OCCN. The number of nitrogens with two attached hydrogens (primary N) is 1. The van der Waals surface area contributed by atoms with Gasteiger partial charge in [-0.15, -0.1) is 0 Å². The molecule has 0 radical (unpaired) electrons. The Morgan fingerprint density at radius 1 is 0.297 bits per heavy atom. The summed E-state index contributed by atoms with van der Waals surface area (Å²) in [6.45, 7) is 3.52. The molecule has 0 heterocycles. The van der Waals surface area contributed by atoms with Gasteiger partial charge in [0.1, 0.15) is 6.61 Å². The molecule has 0 saturated carbocycles. The van der Waals surface area contributed by atoms with Crippen molar-refractivity contribution in [2.75, 3.05) is 26.4 Å². The van der Waals surface area contributed by atoms with Crippen molar-refractivity contribution in [1.82, 2.24) is 0 Å². The van der Waals surface area contributed by atoms with Gasteiger partial charge in [-0.25, -0.2) is 4.57 Å². The van der Waals surface area contributed by atoms with Crippen LogP contribution < -0.4 is 5.73 Å². The van der Waals surface area contributed by atoms with Gasteiger partial charge in [-0.1, -0.05) is 375 Å². The quantitative estimate of drug-likeness (QED) is 0.0264. The molecule has 0 aliphatic rings. The maximum absolute atomic E-state index is 12.8. The van der Waals surface area contributed by atoms with Gasteiger partial charge in [-0.2, -0.15) is 0 Å². The van der Waals surface area contributed by atoms with E-state index in [0.29, 0.717) is 6.42 Å². The first-order valence-corrected chi connectivity index (χ1v) is 42.4. The molecule has 0 bridgehead atoms. The van der Waals surface area contributed by atoms with Gasteiger partial charge in [0.2, 0.25) is 0 Å². The molecule has 10 heteroatoms. The molecule has 0 spiro atoms. The first-order valence-electron chi connectivity index (χ1n) is 40.9. The third kappa shape index (κ3) is 83.7. The van der Waals surface area contributed by atoms with Crippen molar-refractivity contribution in [2.24, 2.45) is 5.73 Å². The number of ether oxygens (including phenoxy) is 2. The normalized spacial score (nSPS) is 13.9. The predicted octanol–water partition coefficient (Wildman–Crippen LogP) is 28.0. The number of carbonyl (C=O) groups excluding carboxylic acids is 2. The highest BCUT2D eigenvalue weighted by Crippen LogP contribution is 2.43. The Morgan fingerprint density at radius 3 is 0.762 bits per heavy atom. The van der Waals surface area contributed by atoms with Crippen LogP contribution in [0.3, 0.4) is 0 Å². The van der Waals surface area contributed by atoms with Crippen molar-refractivity contribution in [3.8, 4) is 0 Å². The number of hydrogen-bond acceptors (Lipinski definition) is 8. The molecular formula is C91H150NO8P. The van der Waals surface area contributed by atoms with Crippen LogP contribution in [0.5, 0.6) is 0 Å². The molecular weight excluding hydrogens is 1270 g/mol. The number of phosphoric acid groups is 1. The number of phosphoric ester groups is 1. The highest BCUT2D eigenvalue weighted by atomic mass is 31.2. The molecule has 0 aromatic rings. The van der Waals surface area contributed by atoms with E-state index in [2.05, 4.69) is 208 Å². The molecule has 101 heavy (non-hydrogen) atoms. The van der Waals surface area contributed by atoms with Gasteiger partial charge in [0.25, 0.3) is 0 Å². The fourth-order valence-electron chi connectivity index (χ4n) is 11.0. The van der Waals surface area contributed by atoms with Gasteiger partial charge >= 0.3 is 19.8 Å². The van der Waals surface area contributed by atoms with Crippen LogP contribution in [0.1, 0.15) is 335 Å². The minimum Gasteiger partial charge on any atom is -0.462 e. The van der Waals surface area contributed by atoms with Gasteiger partial charge in [0.15, 0.2) is 6.10 Å². The van der Waals surface area contributed by atoms with Crippen LogP contribution >= 0.6 is 7.82 Å². The summed E-state index contributed by atoms with van der Waals surface area (Å²) in [4.78, 5) is 35.5. The number of allylic oxidation sites excluding steroid dienone is 32. The van der Waals surface area contributed by atoms with Crippen LogP contribution in [0.15, 0.2) is 194 Å². The Morgan fingerprint density at radius 2 is 0.515 bits per heavy atom. The summed E-state index contributed by atoms with van der Waals surface area (Å²) in [6, 6.07) is 0. The first kappa shape index (κ1) is 95.8. The van der Waals surface area contributed by atoms with Crippen molar-refractivity contribution in [2.45, 2.75) is 341 Å². The third-order valence-corrected chi connectivity index (χ3v) is 18.0. The zero-order valence-corrected chi connectivity index (χ0v) is 65.5. The molecule has 0 aliphatic heterocycles. The van der Waals surface area contributed by atoms with E-state index >= 15 is 0 Å². The number of unbranched alkanes of at least 4 members (excludes halogenated alkanes) is 30. The lowest BCUT2D eigenvalue weighted by Gasteiger charge is -2.19. The summed E-state index contributed by atoms with van der Waals surface area (Å²) in [5, 5.41) is 0. The molecule has 0 aromatic carbocycles. The second-order valence-corrected chi connectivity index (χ2v) is 28.0. The third-order valence-electron chi connectivity index (χ3n) is 17.0. The Labute approximate surface area is 621 Å². The van der Waals surface area contributed by atoms with E-state index in [1.54, 1.807) is 0 Å². The van der Waals surface area contributed by atoms with Crippen LogP contribution in [0, 0.1) is 0 Å². The van der Waals surface area contributed by atoms with Crippen LogP contribution in [0.25, 0.3) is 0 Å². The number of hydrogen-bond donors (Lipinski definition) is 2. The summed E-state index contributed by atoms with van der Waals surface area (Å²) in [6.07, 6.45) is 127. The number of rotatable bonds is 75. The molecule has 2 unspecified atom stereocenters. The van der Waals surface area contributed by atoms with Gasteiger partial charge in [0, 0.05) is 19.4 Å². The van der Waals surface area contributed by atoms with Crippen molar-refractivity contribution >= 4 is 19.8 Å². The van der Waals surface area contributed by atoms with Gasteiger partial charge in [-0.05, 0) is 141 Å². The molecule has 0 aromatic heterocycles. The summed E-state index contributed by atoms with van der Waals surface area (Å²) in [5.74, 6) is -0.832. The van der Waals surface area contributed by atoms with Crippen molar-refractivity contribution in [1.29, 1.82) is 0 Å². The Bertz CT molecular complexity index is 2370. The van der Waals surface area contributed by atoms with Crippen LogP contribution in [-0.4, -0.2) is 49.3 Å². The minimum absolute atomic E-state index is 0.0460. The molecule has 0 saturated heterocycles.